The van der Waals surface area contributed by atoms with Gasteiger partial charge in [0.2, 0.25) is 5.91 Å². The topological polar surface area (TPSA) is 79.0 Å². The molecule has 1 aromatic heterocycles. The van der Waals surface area contributed by atoms with Crippen molar-refractivity contribution in [2.45, 2.75) is 63.8 Å². The molecule has 0 saturated carbocycles. The lowest BCUT2D eigenvalue weighted by molar-refractivity contribution is -0.209. The summed E-state index contributed by atoms with van der Waals surface area (Å²) < 4.78 is 11.3. The first kappa shape index (κ1) is 18.4. The van der Waals surface area contributed by atoms with Crippen LogP contribution in [0.3, 0.4) is 0 Å². The lowest BCUT2D eigenvalue weighted by Crippen LogP contribution is -2.63. The first-order valence-electron chi connectivity index (χ1n) is 8.95. The van der Waals surface area contributed by atoms with Crippen LogP contribution in [0.4, 0.5) is 0 Å². The third-order valence-electron chi connectivity index (χ3n) is 5.75. The second-order valence-electron chi connectivity index (χ2n) is 7.88. The molecule has 3 heterocycles. The minimum atomic E-state index is -1.01. The van der Waals surface area contributed by atoms with Crippen LogP contribution in [0.25, 0.3) is 0 Å². The molecule has 1 spiro atoms. The van der Waals surface area contributed by atoms with E-state index in [4.69, 9.17) is 9.26 Å². The molecule has 7 nitrogen and oxygen atoms in total. The molecule has 1 N–H and O–H groups in total. The zero-order chi connectivity index (χ0) is 18.2. The van der Waals surface area contributed by atoms with E-state index in [2.05, 4.69) is 10.1 Å². The maximum absolute atomic E-state index is 11.8. The van der Waals surface area contributed by atoms with Crippen molar-refractivity contribution in [3.63, 3.8) is 0 Å². The van der Waals surface area contributed by atoms with Crippen LogP contribution in [0.5, 0.6) is 0 Å². The number of likely N-dealkylation sites (tertiary alicyclic amines) is 1. The number of hydrogen-bond donors (Lipinski definition) is 1. The van der Waals surface area contributed by atoms with Gasteiger partial charge in [-0.2, -0.15) is 0 Å². The molecule has 0 aliphatic carbocycles. The Morgan fingerprint density at radius 2 is 2.16 bits per heavy atom. The van der Waals surface area contributed by atoms with Gasteiger partial charge in [-0.3, -0.25) is 9.69 Å². The molecule has 140 valence electrons. The number of rotatable bonds is 3. The van der Waals surface area contributed by atoms with E-state index in [0.717, 1.165) is 43.9 Å². The molecule has 2 saturated heterocycles. The van der Waals surface area contributed by atoms with E-state index in [1.807, 2.05) is 13.0 Å². The Morgan fingerprint density at radius 3 is 2.72 bits per heavy atom. The van der Waals surface area contributed by atoms with E-state index in [0.29, 0.717) is 6.42 Å². The van der Waals surface area contributed by atoms with Crippen LogP contribution in [0.15, 0.2) is 10.6 Å². The Hall–Kier alpha value is -1.44. The average molecular weight is 351 g/mol. The molecule has 0 radical (unpaired) electrons. The first-order chi connectivity index (χ1) is 11.7. The van der Waals surface area contributed by atoms with Crippen molar-refractivity contribution in [3.8, 4) is 0 Å². The number of hydrogen-bond acceptors (Lipinski definition) is 6. The highest BCUT2D eigenvalue weighted by Crippen LogP contribution is 2.40. The first-order valence-corrected chi connectivity index (χ1v) is 8.95. The Balaban J connectivity index is 1.63. The largest absolute Gasteiger partial charge is 0.386 e. The van der Waals surface area contributed by atoms with Crippen molar-refractivity contribution in [1.82, 2.24) is 15.0 Å². The van der Waals surface area contributed by atoms with Gasteiger partial charge >= 0.3 is 0 Å². The number of aromatic nitrogens is 1. The highest BCUT2D eigenvalue weighted by Gasteiger charge is 2.50. The standard InChI is InChI=1S/C18H29N3O4/c1-13-9-15(19-25-13)11-21-7-5-18(6-8-21)10-16(20(4)14(2)22)17(3,23)12-24-18/h9,16,23H,5-8,10-12H2,1-4H3/t16-,17-/m0/s1. The molecule has 0 unspecified atom stereocenters. The Bertz CT molecular complexity index is 620. The molecule has 3 rings (SSSR count). The number of piperidine rings is 1. The summed E-state index contributed by atoms with van der Waals surface area (Å²) in [7, 11) is 1.77. The molecule has 1 aromatic rings. The van der Waals surface area contributed by atoms with Crippen LogP contribution in [0, 0.1) is 6.92 Å². The van der Waals surface area contributed by atoms with Crippen LogP contribution < -0.4 is 0 Å². The van der Waals surface area contributed by atoms with Gasteiger partial charge in [-0.25, -0.2) is 0 Å². The Kier molecular flexibility index (Phi) is 4.92. The molecule has 2 atom stereocenters. The monoisotopic (exact) mass is 351 g/mol. The van der Waals surface area contributed by atoms with Crippen molar-refractivity contribution in [2.75, 3.05) is 26.7 Å². The highest BCUT2D eigenvalue weighted by molar-refractivity contribution is 5.73. The lowest BCUT2D eigenvalue weighted by atomic mass is 9.77. The fourth-order valence-electron chi connectivity index (χ4n) is 3.99. The summed E-state index contributed by atoms with van der Waals surface area (Å²) in [5.41, 5.74) is -0.316. The summed E-state index contributed by atoms with van der Waals surface area (Å²) in [6, 6.07) is 1.75. The van der Waals surface area contributed by atoms with Crippen molar-refractivity contribution in [3.05, 3.63) is 17.5 Å². The molecule has 1 amide bonds. The van der Waals surface area contributed by atoms with Crippen LogP contribution in [-0.4, -0.2) is 70.0 Å². The quantitative estimate of drug-likeness (QED) is 0.885. The second kappa shape index (κ2) is 6.70. The zero-order valence-corrected chi connectivity index (χ0v) is 15.6. The zero-order valence-electron chi connectivity index (χ0n) is 15.6. The van der Waals surface area contributed by atoms with Crippen LogP contribution in [0.1, 0.15) is 44.6 Å². The number of carbonyl (C=O) groups is 1. The van der Waals surface area contributed by atoms with Crippen molar-refractivity contribution in [2.24, 2.45) is 0 Å². The van der Waals surface area contributed by atoms with Gasteiger partial charge in [0.05, 0.1) is 23.9 Å². The summed E-state index contributed by atoms with van der Waals surface area (Å²) >= 11 is 0. The predicted molar refractivity (Wildman–Crippen MR) is 91.9 cm³/mol. The van der Waals surface area contributed by atoms with Crippen molar-refractivity contribution in [1.29, 1.82) is 0 Å². The third kappa shape index (κ3) is 3.88. The average Bonchev–Trinajstić information content (AvgIpc) is 2.96. The molecule has 2 aliphatic heterocycles. The molecule has 2 aliphatic rings. The number of ether oxygens (including phenoxy) is 1. The number of aryl methyl sites for hydroxylation is 1. The smallest absolute Gasteiger partial charge is 0.219 e. The van der Waals surface area contributed by atoms with Crippen LogP contribution in [-0.2, 0) is 16.1 Å². The SMILES string of the molecule is CC(=O)N(C)[C@H]1CC2(CCN(Cc3cc(C)on3)CC2)OC[C@]1(C)O. The predicted octanol–water partition coefficient (Wildman–Crippen LogP) is 1.34. The number of nitrogens with zero attached hydrogens (tertiary/aromatic N) is 3. The Morgan fingerprint density at radius 1 is 1.48 bits per heavy atom. The van der Waals surface area contributed by atoms with E-state index >= 15 is 0 Å². The van der Waals surface area contributed by atoms with Gasteiger partial charge in [-0.1, -0.05) is 5.16 Å². The van der Waals surface area contributed by atoms with Gasteiger partial charge < -0.3 is 19.3 Å². The van der Waals surface area contributed by atoms with Gasteiger partial charge in [0.1, 0.15) is 11.4 Å². The maximum Gasteiger partial charge on any atom is 0.219 e. The van der Waals surface area contributed by atoms with Crippen molar-refractivity contribution >= 4 is 5.91 Å². The highest BCUT2D eigenvalue weighted by atomic mass is 16.5. The number of likely N-dealkylation sites (N-methyl/N-ethyl adjacent to an activating group) is 1. The van der Waals surface area contributed by atoms with Gasteiger partial charge in [0.25, 0.3) is 0 Å². The minimum Gasteiger partial charge on any atom is -0.386 e. The molecule has 2 fully saturated rings. The van der Waals surface area contributed by atoms with E-state index < -0.39 is 5.60 Å². The summed E-state index contributed by atoms with van der Waals surface area (Å²) in [6.45, 7) is 8.05. The molecule has 0 aromatic carbocycles. The number of amides is 1. The molecule has 0 bridgehead atoms. The van der Waals surface area contributed by atoms with Gasteiger partial charge in [-0.15, -0.1) is 0 Å². The van der Waals surface area contributed by atoms with E-state index in [1.54, 1.807) is 25.8 Å². The number of aliphatic hydroxyl groups is 1. The minimum absolute atomic E-state index is 0.0267. The van der Waals surface area contributed by atoms with Crippen molar-refractivity contribution < 1.29 is 19.2 Å². The molecular formula is C18H29N3O4. The summed E-state index contributed by atoms with van der Waals surface area (Å²) in [6.07, 6.45) is 2.46. The van der Waals surface area contributed by atoms with Gasteiger partial charge in [-0.05, 0) is 33.1 Å². The fraction of sp³-hybridized carbons (Fsp3) is 0.778. The van der Waals surface area contributed by atoms with Gasteiger partial charge in [0, 0.05) is 39.7 Å². The van der Waals surface area contributed by atoms with E-state index in [-0.39, 0.29) is 24.2 Å². The second-order valence-corrected chi connectivity index (χ2v) is 7.88. The van der Waals surface area contributed by atoms with E-state index in [1.165, 1.54) is 0 Å². The Labute approximate surface area is 148 Å². The normalized spacial score (nSPS) is 29.7. The number of carbonyl (C=O) groups excluding carboxylic acids is 1. The van der Waals surface area contributed by atoms with E-state index in [9.17, 15) is 9.90 Å². The molecular weight excluding hydrogens is 322 g/mol. The maximum atomic E-state index is 11.8. The third-order valence-corrected chi connectivity index (χ3v) is 5.75. The van der Waals surface area contributed by atoms with Crippen LogP contribution >= 0.6 is 0 Å². The summed E-state index contributed by atoms with van der Waals surface area (Å²) in [4.78, 5) is 15.8. The molecule has 7 heteroatoms. The summed E-state index contributed by atoms with van der Waals surface area (Å²) in [5.74, 6) is 0.803. The fourth-order valence-corrected chi connectivity index (χ4v) is 3.99. The van der Waals surface area contributed by atoms with Gasteiger partial charge in [0.15, 0.2) is 0 Å². The lowest BCUT2D eigenvalue weighted by Gasteiger charge is -2.52. The molecule has 25 heavy (non-hydrogen) atoms. The summed E-state index contributed by atoms with van der Waals surface area (Å²) in [5, 5.41) is 14.7. The van der Waals surface area contributed by atoms with Crippen LogP contribution in [0.2, 0.25) is 0 Å².